The summed E-state index contributed by atoms with van der Waals surface area (Å²) < 4.78 is 13.4. The van der Waals surface area contributed by atoms with E-state index in [1.165, 1.54) is 0 Å². The Morgan fingerprint density at radius 1 is 1.38 bits per heavy atom. The molecule has 0 unspecified atom stereocenters. The quantitative estimate of drug-likeness (QED) is 0.624. The summed E-state index contributed by atoms with van der Waals surface area (Å²) in [5.41, 5.74) is 0.547. The van der Waals surface area contributed by atoms with E-state index in [4.69, 9.17) is 0 Å². The molecule has 16 heavy (non-hydrogen) atoms. The molecule has 1 nitrogen and oxygen atoms in total. The Morgan fingerprint density at radius 3 is 2.44 bits per heavy atom. The number of rotatable bonds is 4. The maximum absolute atomic E-state index is 13.4. The van der Waals surface area contributed by atoms with Gasteiger partial charge in [-0.2, -0.15) is 0 Å². The first-order valence-corrected chi connectivity index (χ1v) is 7.70. The molecule has 1 aromatic rings. The van der Waals surface area contributed by atoms with E-state index in [9.17, 15) is 4.39 Å². The second kappa shape index (κ2) is 8.29. The van der Waals surface area contributed by atoms with Crippen molar-refractivity contribution >= 4 is 18.9 Å². The molecule has 0 fully saturated rings. The van der Waals surface area contributed by atoms with Crippen LogP contribution in [0.4, 0.5) is 10.1 Å². The summed E-state index contributed by atoms with van der Waals surface area (Å²) in [6.45, 7) is 12.4. The molecule has 0 saturated heterocycles. The summed E-state index contributed by atoms with van der Waals surface area (Å²) in [5.74, 6) is -0.180. The molecule has 0 aromatic heterocycles. The average Bonchev–Trinajstić information content (AvgIpc) is 2.30. The molecule has 1 N–H and O–H groups in total. The average molecular weight is 241 g/mol. The van der Waals surface area contributed by atoms with E-state index in [1.54, 1.807) is 18.2 Å². The van der Waals surface area contributed by atoms with Crippen LogP contribution in [-0.4, -0.2) is 19.9 Å². The minimum Gasteiger partial charge on any atom is -0.379 e. The molecule has 0 atom stereocenters. The molecule has 1 aromatic carbocycles. The molecular formula is C13H21FNP. The predicted molar refractivity (Wildman–Crippen MR) is 74.8 cm³/mol. The summed E-state index contributed by atoms with van der Waals surface area (Å²) in [5, 5.41) is 4.03. The van der Waals surface area contributed by atoms with Crippen LogP contribution >= 0.6 is 7.92 Å². The van der Waals surface area contributed by atoms with Gasteiger partial charge in [0.05, 0.1) is 5.69 Å². The third kappa shape index (κ3) is 4.76. The zero-order valence-electron chi connectivity index (χ0n) is 10.5. The zero-order valence-corrected chi connectivity index (χ0v) is 11.4. The first-order valence-electron chi connectivity index (χ1n) is 5.47. The fourth-order valence-electron chi connectivity index (χ4n) is 1.11. The molecule has 0 bridgehead atoms. The maximum atomic E-state index is 13.4. The molecule has 0 aliphatic carbocycles. The number of hydrogen-bond donors (Lipinski definition) is 1. The lowest BCUT2D eigenvalue weighted by atomic mass is 10.3. The van der Waals surface area contributed by atoms with E-state index >= 15 is 0 Å². The molecule has 0 saturated carbocycles. The van der Waals surface area contributed by atoms with Gasteiger partial charge in [0, 0.05) is 6.54 Å². The Hall–Kier alpha value is -0.880. The molecule has 90 valence electrons. The third-order valence-corrected chi connectivity index (χ3v) is 3.22. The van der Waals surface area contributed by atoms with Crippen LogP contribution in [-0.2, 0) is 0 Å². The van der Waals surface area contributed by atoms with Crippen molar-refractivity contribution in [2.75, 3.05) is 25.2 Å². The Labute approximate surface area is 99.5 Å². The largest absolute Gasteiger partial charge is 0.379 e. The Balaban J connectivity index is 0.00000106. The Morgan fingerprint density at radius 2 is 2.00 bits per heavy atom. The van der Waals surface area contributed by atoms with Gasteiger partial charge in [-0.1, -0.05) is 33.9 Å². The lowest BCUT2D eigenvalue weighted by Gasteiger charge is -2.09. The van der Waals surface area contributed by atoms with E-state index in [0.717, 1.165) is 5.30 Å². The molecule has 0 heterocycles. The molecule has 0 aliphatic rings. The van der Waals surface area contributed by atoms with Crippen molar-refractivity contribution in [1.82, 2.24) is 0 Å². The SMILES string of the molecule is C=CCNc1ccc(P(C)C)cc1F.CC. The normalized spacial score (nSPS) is 9.38. The number of nitrogens with one attached hydrogen (secondary N) is 1. The molecule has 0 amide bonds. The van der Waals surface area contributed by atoms with Gasteiger partial charge in [-0.05, 0) is 30.8 Å². The summed E-state index contributed by atoms with van der Waals surface area (Å²) in [6, 6.07) is 5.37. The van der Waals surface area contributed by atoms with Gasteiger partial charge in [-0.25, -0.2) is 4.39 Å². The fraction of sp³-hybridized carbons (Fsp3) is 0.385. The lowest BCUT2D eigenvalue weighted by molar-refractivity contribution is 0.632. The van der Waals surface area contributed by atoms with Gasteiger partial charge in [0.25, 0.3) is 0 Å². The summed E-state index contributed by atoms with van der Waals surface area (Å²) in [7, 11) is -0.225. The second-order valence-corrected chi connectivity index (χ2v) is 5.53. The van der Waals surface area contributed by atoms with Crippen LogP contribution in [0.25, 0.3) is 0 Å². The molecule has 0 radical (unpaired) electrons. The molecule has 3 heteroatoms. The van der Waals surface area contributed by atoms with Crippen LogP contribution in [0.15, 0.2) is 30.9 Å². The number of hydrogen-bond acceptors (Lipinski definition) is 1. The van der Waals surface area contributed by atoms with Crippen molar-refractivity contribution in [3.8, 4) is 0 Å². The smallest absolute Gasteiger partial charge is 0.146 e. The summed E-state index contributed by atoms with van der Waals surface area (Å²) in [6.07, 6.45) is 1.71. The minimum absolute atomic E-state index is 0.180. The van der Waals surface area contributed by atoms with Crippen LogP contribution in [0.5, 0.6) is 0 Å². The Bertz CT molecular complexity index is 324. The molecule has 1 rings (SSSR count). The Kier molecular flexibility index (Phi) is 7.84. The molecular weight excluding hydrogens is 220 g/mol. The van der Waals surface area contributed by atoms with Crippen molar-refractivity contribution in [2.24, 2.45) is 0 Å². The first kappa shape index (κ1) is 15.1. The van der Waals surface area contributed by atoms with Crippen molar-refractivity contribution in [1.29, 1.82) is 0 Å². The van der Waals surface area contributed by atoms with Crippen molar-refractivity contribution in [3.05, 3.63) is 36.7 Å². The van der Waals surface area contributed by atoms with Gasteiger partial charge in [-0.3, -0.25) is 0 Å². The van der Waals surface area contributed by atoms with Crippen LogP contribution in [0.1, 0.15) is 13.8 Å². The lowest BCUT2D eigenvalue weighted by Crippen LogP contribution is -2.05. The van der Waals surface area contributed by atoms with Crippen LogP contribution < -0.4 is 10.6 Å². The number of benzene rings is 1. The third-order valence-electron chi connectivity index (χ3n) is 1.91. The van der Waals surface area contributed by atoms with Gasteiger partial charge >= 0.3 is 0 Å². The highest BCUT2D eigenvalue weighted by molar-refractivity contribution is 7.64. The van der Waals surface area contributed by atoms with Crippen molar-refractivity contribution in [3.63, 3.8) is 0 Å². The first-order chi connectivity index (χ1) is 7.65. The van der Waals surface area contributed by atoms with Crippen molar-refractivity contribution in [2.45, 2.75) is 13.8 Å². The van der Waals surface area contributed by atoms with Gasteiger partial charge in [-0.15, -0.1) is 6.58 Å². The standard InChI is InChI=1S/C11H15FNP.C2H6/c1-4-7-13-11-6-5-9(14(2)3)8-10(11)12;1-2/h4-6,8,13H,1,7H2,2-3H3;1-2H3. The highest BCUT2D eigenvalue weighted by atomic mass is 31.1. The van der Waals surface area contributed by atoms with E-state index in [1.807, 2.05) is 19.9 Å². The van der Waals surface area contributed by atoms with Crippen molar-refractivity contribution < 1.29 is 4.39 Å². The minimum atomic E-state index is -0.225. The molecule has 0 spiro atoms. The maximum Gasteiger partial charge on any atom is 0.146 e. The summed E-state index contributed by atoms with van der Waals surface area (Å²) >= 11 is 0. The highest BCUT2D eigenvalue weighted by Crippen LogP contribution is 2.25. The van der Waals surface area contributed by atoms with E-state index in [2.05, 4.69) is 25.2 Å². The number of anilines is 1. The topological polar surface area (TPSA) is 12.0 Å². The van der Waals surface area contributed by atoms with Crippen LogP contribution in [0, 0.1) is 5.82 Å². The highest BCUT2D eigenvalue weighted by Gasteiger charge is 2.04. The van der Waals surface area contributed by atoms with E-state index in [-0.39, 0.29) is 13.7 Å². The van der Waals surface area contributed by atoms with E-state index in [0.29, 0.717) is 12.2 Å². The monoisotopic (exact) mass is 241 g/mol. The predicted octanol–water partition coefficient (Wildman–Crippen LogP) is 3.82. The van der Waals surface area contributed by atoms with Crippen LogP contribution in [0.3, 0.4) is 0 Å². The zero-order chi connectivity index (χ0) is 12.6. The van der Waals surface area contributed by atoms with Gasteiger partial charge in [0.1, 0.15) is 5.82 Å². The second-order valence-electron chi connectivity index (χ2n) is 3.23. The van der Waals surface area contributed by atoms with Gasteiger partial charge in [0.15, 0.2) is 0 Å². The summed E-state index contributed by atoms with van der Waals surface area (Å²) in [4.78, 5) is 0. The molecule has 0 aliphatic heterocycles. The van der Waals surface area contributed by atoms with Crippen LogP contribution in [0.2, 0.25) is 0 Å². The number of halogens is 1. The van der Waals surface area contributed by atoms with Gasteiger partial charge < -0.3 is 5.32 Å². The van der Waals surface area contributed by atoms with E-state index < -0.39 is 0 Å². The fourth-order valence-corrected chi connectivity index (χ4v) is 1.85. The van der Waals surface area contributed by atoms with Gasteiger partial charge in [0.2, 0.25) is 0 Å².